The minimum atomic E-state index is -0.906. The maximum absolute atomic E-state index is 14.2. The summed E-state index contributed by atoms with van der Waals surface area (Å²) in [5.74, 6) is -4.53. The van der Waals surface area contributed by atoms with Crippen LogP contribution in [0.3, 0.4) is 0 Å². The summed E-state index contributed by atoms with van der Waals surface area (Å²) < 4.78 is 1.81. The first-order chi connectivity index (χ1) is 34.2. The van der Waals surface area contributed by atoms with Gasteiger partial charge in [-0.1, -0.05) is 42.5 Å². The molecule has 0 saturated heterocycles. The molecule has 0 unspecified atom stereocenters. The van der Waals surface area contributed by atoms with Crippen molar-refractivity contribution in [2.45, 2.75) is 0 Å². The van der Waals surface area contributed by atoms with Crippen LogP contribution in [-0.2, 0) is 7.05 Å². The van der Waals surface area contributed by atoms with Crippen molar-refractivity contribution in [1.29, 1.82) is 0 Å². The summed E-state index contributed by atoms with van der Waals surface area (Å²) in [5.41, 5.74) is 0.648. The minimum Gasteiger partial charge on any atom is -0.351 e. The van der Waals surface area contributed by atoms with E-state index >= 15 is 0 Å². The third kappa shape index (κ3) is 9.00. The number of aromatic nitrogens is 1. The SMILES string of the molecule is Cn1c(C(=O)NCCNCCNC(=O)c2cc(C(=O)NCCNCCN3C(=O)c4cccc5cc([N+](=O)[O-])cc(c45)C3=O)cc(N3C(=O)c4cccc5cc([N+](=O)[O-])cc(c45)C3=O)c2)cc2ccccc21. The number of hydrogen-bond acceptors (Lipinski definition) is 13. The normalized spacial score (nSPS) is 13.0. The van der Waals surface area contributed by atoms with E-state index < -0.39 is 45.3 Å². The van der Waals surface area contributed by atoms with Gasteiger partial charge in [0.1, 0.15) is 5.69 Å². The molecule has 1 aromatic heterocycles. The van der Waals surface area contributed by atoms with E-state index in [9.17, 15) is 53.8 Å². The Morgan fingerprint density at radius 2 is 0.986 bits per heavy atom. The smallest absolute Gasteiger partial charge is 0.270 e. The number of non-ortho nitro benzene ring substituents is 2. The van der Waals surface area contributed by atoms with Gasteiger partial charge in [-0.05, 0) is 53.2 Å². The molecular formula is C50H42N10O11. The Kier molecular flexibility index (Phi) is 12.8. The van der Waals surface area contributed by atoms with E-state index in [4.69, 9.17) is 0 Å². The number of nitro benzene ring substituents is 2. The Morgan fingerprint density at radius 1 is 0.507 bits per heavy atom. The molecule has 71 heavy (non-hydrogen) atoms. The number of carbonyl (C=O) groups is 7. The lowest BCUT2D eigenvalue weighted by molar-refractivity contribution is -0.384. The molecule has 0 fully saturated rings. The summed E-state index contributed by atoms with van der Waals surface area (Å²) in [6.07, 6.45) is 0. The summed E-state index contributed by atoms with van der Waals surface area (Å²) in [7, 11) is 1.81. The van der Waals surface area contributed by atoms with E-state index in [2.05, 4.69) is 26.6 Å². The van der Waals surface area contributed by atoms with Crippen molar-refractivity contribution in [3.63, 3.8) is 0 Å². The number of benzene rings is 6. The van der Waals surface area contributed by atoms with Gasteiger partial charge in [-0.25, -0.2) is 4.90 Å². The largest absolute Gasteiger partial charge is 0.351 e. The van der Waals surface area contributed by atoms with E-state index in [1.54, 1.807) is 24.3 Å². The third-order valence-electron chi connectivity index (χ3n) is 12.3. The molecule has 0 bridgehead atoms. The number of fused-ring (bicyclic) bond motifs is 1. The predicted octanol–water partition coefficient (Wildman–Crippen LogP) is 4.47. The molecule has 6 aromatic carbocycles. The molecule has 21 heteroatoms. The number of hydrogen-bond donors (Lipinski definition) is 5. The molecule has 0 radical (unpaired) electrons. The van der Waals surface area contributed by atoms with Gasteiger partial charge in [-0.3, -0.25) is 58.7 Å². The van der Waals surface area contributed by atoms with Crippen molar-refractivity contribution in [3.8, 4) is 0 Å². The summed E-state index contributed by atoms with van der Waals surface area (Å²) in [4.78, 5) is 119. The number of rotatable bonds is 18. The van der Waals surface area contributed by atoms with Crippen LogP contribution in [-0.4, -0.2) is 113 Å². The molecule has 358 valence electrons. The lowest BCUT2D eigenvalue weighted by Crippen LogP contribution is -2.44. The van der Waals surface area contributed by atoms with Crippen molar-refractivity contribution in [2.24, 2.45) is 7.05 Å². The van der Waals surface area contributed by atoms with Gasteiger partial charge < -0.3 is 31.2 Å². The van der Waals surface area contributed by atoms with Gasteiger partial charge in [0.25, 0.3) is 52.7 Å². The monoisotopic (exact) mass is 958 g/mol. The van der Waals surface area contributed by atoms with Crippen molar-refractivity contribution < 1.29 is 43.4 Å². The molecule has 2 aliphatic heterocycles. The zero-order chi connectivity index (χ0) is 50.1. The van der Waals surface area contributed by atoms with Crippen LogP contribution in [0.25, 0.3) is 32.4 Å². The molecule has 2 aliphatic rings. The van der Waals surface area contributed by atoms with Gasteiger partial charge in [-0.2, -0.15) is 0 Å². The van der Waals surface area contributed by atoms with E-state index in [1.165, 1.54) is 42.5 Å². The fourth-order valence-corrected chi connectivity index (χ4v) is 8.92. The highest BCUT2D eigenvalue weighted by Gasteiger charge is 2.37. The number of imide groups is 2. The maximum Gasteiger partial charge on any atom is 0.270 e. The minimum absolute atomic E-state index is 0.00445. The summed E-state index contributed by atoms with van der Waals surface area (Å²) in [6, 6.07) is 27.3. The van der Waals surface area contributed by atoms with Crippen LogP contribution in [0.15, 0.2) is 109 Å². The number of nitrogens with zero attached hydrogens (tertiary/aromatic N) is 5. The Hall–Kier alpha value is -9.21. The third-order valence-corrected chi connectivity index (χ3v) is 12.3. The molecule has 7 amide bonds. The second-order valence-corrected chi connectivity index (χ2v) is 16.7. The highest BCUT2D eigenvalue weighted by atomic mass is 16.6. The average molecular weight is 959 g/mol. The van der Waals surface area contributed by atoms with Crippen LogP contribution in [0.4, 0.5) is 17.1 Å². The number of anilines is 1. The van der Waals surface area contributed by atoms with Crippen LogP contribution in [0.2, 0.25) is 0 Å². The molecule has 7 aromatic rings. The predicted molar refractivity (Wildman–Crippen MR) is 260 cm³/mol. The number of carbonyl (C=O) groups excluding carboxylic acids is 7. The van der Waals surface area contributed by atoms with Crippen LogP contribution >= 0.6 is 0 Å². The standard InChI is InChI=1S/C50H42N10O11/c1-56-40-11-3-2-6-28(40)25-41(56)46(63)55-17-13-51-12-15-53-44(61)31-20-32(24-33(23-31)58-49(66)37-10-5-8-30-22-35(60(70)71)27-39(43(30)37)50(58)67)45(62)54-16-14-52-18-19-57-47(64)36-9-4-7-29-21-34(59(68)69)26-38(42(29)36)48(57)65/h2-11,20-27,51-52H,12-19H2,1H3,(H,53,61)(H,54,62)(H,55,63). The highest BCUT2D eigenvalue weighted by Crippen LogP contribution is 2.37. The van der Waals surface area contributed by atoms with Gasteiger partial charge in [0, 0.05) is 128 Å². The molecule has 3 heterocycles. The Morgan fingerprint density at radius 3 is 1.55 bits per heavy atom. The first-order valence-electron chi connectivity index (χ1n) is 22.3. The molecule has 0 spiro atoms. The molecule has 0 saturated carbocycles. The number of nitrogens with one attached hydrogen (secondary N) is 5. The average Bonchev–Trinajstić information content (AvgIpc) is 3.71. The van der Waals surface area contributed by atoms with Crippen molar-refractivity contribution in [2.75, 3.05) is 57.3 Å². The van der Waals surface area contributed by atoms with Gasteiger partial charge in [0.15, 0.2) is 0 Å². The number of para-hydroxylation sites is 1. The van der Waals surface area contributed by atoms with E-state index in [-0.39, 0.29) is 101 Å². The van der Waals surface area contributed by atoms with Crippen molar-refractivity contribution >= 4 is 90.9 Å². The fourth-order valence-electron chi connectivity index (χ4n) is 8.92. The maximum atomic E-state index is 14.2. The summed E-state index contributed by atoms with van der Waals surface area (Å²) in [6.45, 7) is 1.17. The van der Waals surface area contributed by atoms with Crippen LogP contribution in [0.1, 0.15) is 72.6 Å². The number of nitro groups is 2. The highest BCUT2D eigenvalue weighted by molar-refractivity contribution is 6.36. The van der Waals surface area contributed by atoms with Crippen LogP contribution in [0.5, 0.6) is 0 Å². The quantitative estimate of drug-likeness (QED) is 0.0344. The van der Waals surface area contributed by atoms with E-state index in [0.29, 0.717) is 34.9 Å². The van der Waals surface area contributed by atoms with Gasteiger partial charge in [-0.15, -0.1) is 0 Å². The number of amides is 7. The van der Waals surface area contributed by atoms with Crippen LogP contribution in [0, 0.1) is 20.2 Å². The van der Waals surface area contributed by atoms with Crippen LogP contribution < -0.4 is 31.5 Å². The van der Waals surface area contributed by atoms with Crippen molar-refractivity contribution in [3.05, 3.63) is 168 Å². The summed E-state index contributed by atoms with van der Waals surface area (Å²) in [5, 5.41) is 40.2. The molecule has 0 aliphatic carbocycles. The Labute approximate surface area is 402 Å². The number of aryl methyl sites for hydroxylation is 1. The van der Waals surface area contributed by atoms with Gasteiger partial charge in [0.05, 0.1) is 26.7 Å². The topological polar surface area (TPSA) is 277 Å². The summed E-state index contributed by atoms with van der Waals surface area (Å²) >= 11 is 0. The molecule has 0 atom stereocenters. The first kappa shape index (κ1) is 46.9. The molecular weight excluding hydrogens is 917 g/mol. The second kappa shape index (κ2) is 19.4. The lowest BCUT2D eigenvalue weighted by Gasteiger charge is -2.28. The van der Waals surface area contributed by atoms with Crippen molar-refractivity contribution in [1.82, 2.24) is 36.1 Å². The Bertz CT molecular complexity index is 3460. The molecule has 9 rings (SSSR count). The molecule has 5 N–H and O–H groups in total. The van der Waals surface area contributed by atoms with E-state index in [1.807, 2.05) is 41.9 Å². The molecule has 21 nitrogen and oxygen atoms in total. The van der Waals surface area contributed by atoms with E-state index in [0.717, 1.165) is 32.8 Å². The lowest BCUT2D eigenvalue weighted by atomic mass is 9.92. The zero-order valence-corrected chi connectivity index (χ0v) is 37.8. The zero-order valence-electron chi connectivity index (χ0n) is 37.8. The Balaban J connectivity index is 0.855. The first-order valence-corrected chi connectivity index (χ1v) is 22.3. The van der Waals surface area contributed by atoms with Gasteiger partial charge >= 0.3 is 0 Å². The fraction of sp³-hybridized carbons (Fsp3) is 0.180. The van der Waals surface area contributed by atoms with Gasteiger partial charge in [0.2, 0.25) is 0 Å². The second-order valence-electron chi connectivity index (χ2n) is 16.7.